The largest absolute Gasteiger partial charge is 0.488 e. The standard InChI is InChI=1S/C15H17N3O/c1-2-8-18-9-7-16-15(18)17-11-13-10-12-5-3-4-6-14(12)19-13/h2-7,9,13H,1,8,10-11H2,(H,16,17). The van der Waals surface area contributed by atoms with Crippen molar-refractivity contribution in [3.63, 3.8) is 0 Å². The van der Waals surface area contributed by atoms with Crippen LogP contribution in [-0.2, 0) is 13.0 Å². The lowest BCUT2D eigenvalue weighted by atomic mass is 10.1. The highest BCUT2D eigenvalue weighted by Crippen LogP contribution is 2.28. The summed E-state index contributed by atoms with van der Waals surface area (Å²) in [5.74, 6) is 1.86. The number of ether oxygens (including phenoxy) is 1. The number of nitrogens with zero attached hydrogens (tertiary/aromatic N) is 2. The minimum atomic E-state index is 0.172. The van der Waals surface area contributed by atoms with Crippen molar-refractivity contribution in [2.75, 3.05) is 11.9 Å². The van der Waals surface area contributed by atoms with Crippen LogP contribution in [0.25, 0.3) is 0 Å². The number of imidazole rings is 1. The van der Waals surface area contributed by atoms with E-state index in [2.05, 4.69) is 29.0 Å². The molecule has 1 aliphatic rings. The maximum atomic E-state index is 5.89. The Morgan fingerprint density at radius 1 is 1.47 bits per heavy atom. The normalized spacial score (nSPS) is 16.7. The van der Waals surface area contributed by atoms with Gasteiger partial charge in [-0.1, -0.05) is 24.3 Å². The molecule has 98 valence electrons. The van der Waals surface area contributed by atoms with Gasteiger partial charge in [0.1, 0.15) is 11.9 Å². The van der Waals surface area contributed by atoms with Gasteiger partial charge in [-0.2, -0.15) is 0 Å². The van der Waals surface area contributed by atoms with Gasteiger partial charge in [0.05, 0.1) is 6.54 Å². The van der Waals surface area contributed by atoms with E-state index in [0.29, 0.717) is 0 Å². The number of para-hydroxylation sites is 1. The lowest BCUT2D eigenvalue weighted by molar-refractivity contribution is 0.246. The number of nitrogens with one attached hydrogen (secondary N) is 1. The van der Waals surface area contributed by atoms with E-state index in [1.54, 1.807) is 6.20 Å². The van der Waals surface area contributed by atoms with Gasteiger partial charge in [-0.15, -0.1) is 6.58 Å². The Morgan fingerprint density at radius 2 is 2.37 bits per heavy atom. The molecule has 2 aromatic rings. The van der Waals surface area contributed by atoms with Crippen molar-refractivity contribution in [3.05, 3.63) is 54.9 Å². The molecule has 1 aromatic carbocycles. The highest BCUT2D eigenvalue weighted by molar-refractivity contribution is 5.38. The number of hydrogen-bond acceptors (Lipinski definition) is 3. The van der Waals surface area contributed by atoms with E-state index in [-0.39, 0.29) is 6.10 Å². The van der Waals surface area contributed by atoms with Crippen molar-refractivity contribution in [2.45, 2.75) is 19.1 Å². The molecule has 4 heteroatoms. The molecule has 1 unspecified atom stereocenters. The highest BCUT2D eigenvalue weighted by atomic mass is 16.5. The van der Waals surface area contributed by atoms with Crippen LogP contribution in [0.5, 0.6) is 5.75 Å². The van der Waals surface area contributed by atoms with Crippen LogP contribution in [0, 0.1) is 0 Å². The average Bonchev–Trinajstić information content (AvgIpc) is 3.02. The molecule has 1 atom stereocenters. The first kappa shape index (κ1) is 11.8. The number of rotatable bonds is 5. The fourth-order valence-corrected chi connectivity index (χ4v) is 2.34. The Hall–Kier alpha value is -2.23. The van der Waals surface area contributed by atoms with Gasteiger partial charge in [-0.25, -0.2) is 4.98 Å². The summed E-state index contributed by atoms with van der Waals surface area (Å²) >= 11 is 0. The van der Waals surface area contributed by atoms with Crippen LogP contribution in [0.15, 0.2) is 49.3 Å². The van der Waals surface area contributed by atoms with Gasteiger partial charge in [0, 0.05) is 25.4 Å². The summed E-state index contributed by atoms with van der Waals surface area (Å²) in [6.07, 6.45) is 6.70. The average molecular weight is 255 g/mol. The van der Waals surface area contributed by atoms with Gasteiger partial charge in [-0.3, -0.25) is 0 Å². The van der Waals surface area contributed by atoms with Crippen LogP contribution < -0.4 is 10.1 Å². The molecule has 1 N–H and O–H groups in total. The van der Waals surface area contributed by atoms with Crippen LogP contribution in [0.3, 0.4) is 0 Å². The Balaban J connectivity index is 1.59. The van der Waals surface area contributed by atoms with E-state index in [4.69, 9.17) is 4.74 Å². The van der Waals surface area contributed by atoms with Crippen molar-refractivity contribution < 1.29 is 4.74 Å². The zero-order valence-electron chi connectivity index (χ0n) is 10.7. The zero-order chi connectivity index (χ0) is 13.1. The highest BCUT2D eigenvalue weighted by Gasteiger charge is 2.22. The van der Waals surface area contributed by atoms with Crippen molar-refractivity contribution in [1.82, 2.24) is 9.55 Å². The molecule has 0 bridgehead atoms. The molecule has 0 amide bonds. The lowest BCUT2D eigenvalue weighted by Gasteiger charge is -2.13. The van der Waals surface area contributed by atoms with E-state index >= 15 is 0 Å². The summed E-state index contributed by atoms with van der Waals surface area (Å²) in [6, 6.07) is 8.20. The second-order valence-corrected chi connectivity index (χ2v) is 4.62. The number of fused-ring (bicyclic) bond motifs is 1. The van der Waals surface area contributed by atoms with Crippen molar-refractivity contribution >= 4 is 5.95 Å². The minimum Gasteiger partial charge on any atom is -0.488 e. The first-order valence-corrected chi connectivity index (χ1v) is 6.47. The molecule has 1 aliphatic heterocycles. The van der Waals surface area contributed by atoms with Gasteiger partial charge in [0.25, 0.3) is 0 Å². The quantitative estimate of drug-likeness (QED) is 0.834. The summed E-state index contributed by atoms with van der Waals surface area (Å²) in [4.78, 5) is 4.29. The van der Waals surface area contributed by atoms with E-state index < -0.39 is 0 Å². The molecule has 19 heavy (non-hydrogen) atoms. The molecule has 0 aliphatic carbocycles. The first-order chi connectivity index (χ1) is 9.36. The summed E-state index contributed by atoms with van der Waals surface area (Å²) < 4.78 is 7.91. The smallest absolute Gasteiger partial charge is 0.203 e. The third-order valence-electron chi connectivity index (χ3n) is 3.24. The zero-order valence-corrected chi connectivity index (χ0v) is 10.7. The second-order valence-electron chi connectivity index (χ2n) is 4.62. The number of anilines is 1. The molecule has 0 radical (unpaired) electrons. The van der Waals surface area contributed by atoms with E-state index in [1.165, 1.54) is 5.56 Å². The fourth-order valence-electron chi connectivity index (χ4n) is 2.34. The lowest BCUT2D eigenvalue weighted by Crippen LogP contribution is -2.25. The monoisotopic (exact) mass is 255 g/mol. The summed E-state index contributed by atoms with van der Waals surface area (Å²) in [6.45, 7) is 5.25. The van der Waals surface area contributed by atoms with Gasteiger partial charge in [0.15, 0.2) is 0 Å². The van der Waals surface area contributed by atoms with Gasteiger partial charge in [-0.05, 0) is 11.6 Å². The maximum Gasteiger partial charge on any atom is 0.203 e. The molecule has 4 nitrogen and oxygen atoms in total. The number of allylic oxidation sites excluding steroid dienone is 1. The Kier molecular flexibility index (Phi) is 3.23. The van der Waals surface area contributed by atoms with E-state index in [0.717, 1.165) is 31.2 Å². The maximum absolute atomic E-state index is 5.89. The summed E-state index contributed by atoms with van der Waals surface area (Å²) in [5.41, 5.74) is 1.28. The molecular formula is C15H17N3O. The van der Waals surface area contributed by atoms with E-state index in [9.17, 15) is 0 Å². The topological polar surface area (TPSA) is 39.1 Å². The molecule has 0 saturated heterocycles. The van der Waals surface area contributed by atoms with Crippen molar-refractivity contribution in [3.8, 4) is 5.75 Å². The van der Waals surface area contributed by atoms with Crippen LogP contribution in [0.4, 0.5) is 5.95 Å². The third kappa shape index (κ3) is 2.47. The molecule has 0 fully saturated rings. The molecule has 3 rings (SSSR count). The second kappa shape index (κ2) is 5.18. The van der Waals surface area contributed by atoms with Gasteiger partial charge in [0.2, 0.25) is 5.95 Å². The first-order valence-electron chi connectivity index (χ1n) is 6.47. The summed E-state index contributed by atoms with van der Waals surface area (Å²) in [7, 11) is 0. The molecule has 0 saturated carbocycles. The molecular weight excluding hydrogens is 238 g/mol. The fraction of sp³-hybridized carbons (Fsp3) is 0.267. The third-order valence-corrected chi connectivity index (χ3v) is 3.24. The predicted molar refractivity (Wildman–Crippen MR) is 75.5 cm³/mol. The van der Waals surface area contributed by atoms with Crippen LogP contribution in [0.2, 0.25) is 0 Å². The Morgan fingerprint density at radius 3 is 3.21 bits per heavy atom. The summed E-state index contributed by atoms with van der Waals surface area (Å²) in [5, 5.41) is 3.33. The van der Waals surface area contributed by atoms with Crippen molar-refractivity contribution in [2.24, 2.45) is 0 Å². The number of benzene rings is 1. The van der Waals surface area contributed by atoms with Gasteiger partial charge < -0.3 is 14.6 Å². The van der Waals surface area contributed by atoms with Crippen molar-refractivity contribution in [1.29, 1.82) is 0 Å². The van der Waals surface area contributed by atoms with Crippen LogP contribution in [-0.4, -0.2) is 22.2 Å². The minimum absolute atomic E-state index is 0.172. The number of aromatic nitrogens is 2. The van der Waals surface area contributed by atoms with E-state index in [1.807, 2.05) is 29.0 Å². The molecule has 0 spiro atoms. The predicted octanol–water partition coefficient (Wildman–Crippen LogP) is 2.48. The van der Waals surface area contributed by atoms with Crippen LogP contribution >= 0.6 is 0 Å². The van der Waals surface area contributed by atoms with Crippen LogP contribution in [0.1, 0.15) is 5.56 Å². The number of hydrogen-bond donors (Lipinski definition) is 1. The Labute approximate surface area is 112 Å². The molecule has 2 heterocycles. The Bertz CT molecular complexity index is 551. The van der Waals surface area contributed by atoms with Gasteiger partial charge >= 0.3 is 0 Å². The SMILES string of the molecule is C=CCn1ccnc1NCC1Cc2ccccc2O1. The molecule has 1 aromatic heterocycles.